The molecule has 0 saturated carbocycles. The molecule has 0 fully saturated rings. The molecule has 1 aromatic carbocycles. The van der Waals surface area contributed by atoms with Gasteiger partial charge in [-0.25, -0.2) is 18.4 Å². The number of hydrogen-bond donors (Lipinski definition) is 0. The van der Waals surface area contributed by atoms with Gasteiger partial charge in [0.1, 0.15) is 5.69 Å². The number of anilines is 1. The van der Waals surface area contributed by atoms with Crippen molar-refractivity contribution in [3.8, 4) is 11.3 Å². The molecule has 8 heteroatoms. The lowest BCUT2D eigenvalue weighted by molar-refractivity contribution is 0.600. The molecule has 25 heavy (non-hydrogen) atoms. The van der Waals surface area contributed by atoms with Gasteiger partial charge in [0.15, 0.2) is 0 Å². The van der Waals surface area contributed by atoms with Gasteiger partial charge in [0, 0.05) is 30.7 Å². The normalized spacial score (nSPS) is 14.0. The summed E-state index contributed by atoms with van der Waals surface area (Å²) in [5, 5.41) is 1.14. The summed E-state index contributed by atoms with van der Waals surface area (Å²) in [7, 11) is -1.95. The van der Waals surface area contributed by atoms with Gasteiger partial charge in [0.2, 0.25) is 15.3 Å². The Morgan fingerprint density at radius 3 is 2.88 bits per heavy atom. The number of aryl methyl sites for hydroxylation is 2. The second kappa shape index (κ2) is 5.71. The molecular formula is C17H17ClN4O2S. The summed E-state index contributed by atoms with van der Waals surface area (Å²) in [5.41, 5.74) is 4.29. The molecule has 0 N–H and O–H groups in total. The second-order valence-electron chi connectivity index (χ2n) is 6.26. The summed E-state index contributed by atoms with van der Waals surface area (Å²) in [5.74, 6) is 0. The SMILES string of the molecule is CN(c1cnc(Cl)nc1-c1cn2c3c(cccc13)CCC2)S(C)(=O)=O. The zero-order chi connectivity index (χ0) is 17.8. The summed E-state index contributed by atoms with van der Waals surface area (Å²) in [6.07, 6.45) is 6.77. The first-order chi connectivity index (χ1) is 11.9. The molecule has 0 bridgehead atoms. The van der Waals surface area contributed by atoms with Crippen LogP contribution in [0.2, 0.25) is 5.28 Å². The first-order valence-electron chi connectivity index (χ1n) is 7.94. The molecule has 4 rings (SSSR count). The van der Waals surface area contributed by atoms with Crippen molar-refractivity contribution >= 4 is 38.2 Å². The fraction of sp³-hybridized carbons (Fsp3) is 0.294. The highest BCUT2D eigenvalue weighted by atomic mass is 35.5. The van der Waals surface area contributed by atoms with Crippen LogP contribution in [-0.4, -0.2) is 36.3 Å². The van der Waals surface area contributed by atoms with Crippen LogP contribution in [0.5, 0.6) is 0 Å². The molecule has 3 aromatic rings. The Morgan fingerprint density at radius 2 is 2.12 bits per heavy atom. The van der Waals surface area contributed by atoms with Gasteiger partial charge in [-0.3, -0.25) is 4.31 Å². The predicted octanol–water partition coefficient (Wildman–Crippen LogP) is 3.09. The number of halogens is 1. The number of rotatable bonds is 3. The van der Waals surface area contributed by atoms with Gasteiger partial charge in [-0.05, 0) is 30.0 Å². The minimum absolute atomic E-state index is 0.0903. The smallest absolute Gasteiger partial charge is 0.232 e. The van der Waals surface area contributed by atoms with Crippen molar-refractivity contribution in [1.29, 1.82) is 0 Å². The molecule has 1 aliphatic heterocycles. The van der Waals surface area contributed by atoms with E-state index in [0.29, 0.717) is 11.4 Å². The van der Waals surface area contributed by atoms with Crippen molar-refractivity contribution < 1.29 is 8.42 Å². The Labute approximate surface area is 151 Å². The third-order valence-electron chi connectivity index (χ3n) is 4.66. The van der Waals surface area contributed by atoms with Crippen LogP contribution in [0, 0.1) is 0 Å². The zero-order valence-corrected chi connectivity index (χ0v) is 15.5. The molecular weight excluding hydrogens is 360 g/mol. The van der Waals surface area contributed by atoms with E-state index in [2.05, 4.69) is 20.6 Å². The van der Waals surface area contributed by atoms with Gasteiger partial charge < -0.3 is 4.57 Å². The summed E-state index contributed by atoms with van der Waals surface area (Å²) >= 11 is 6.02. The monoisotopic (exact) mass is 376 g/mol. The summed E-state index contributed by atoms with van der Waals surface area (Å²) in [4.78, 5) is 8.34. The van der Waals surface area contributed by atoms with Gasteiger partial charge in [-0.2, -0.15) is 0 Å². The Kier molecular flexibility index (Phi) is 3.73. The minimum Gasteiger partial charge on any atom is -0.347 e. The van der Waals surface area contributed by atoms with Crippen LogP contribution in [0.1, 0.15) is 12.0 Å². The number of aromatic nitrogens is 3. The van der Waals surface area contributed by atoms with E-state index in [1.54, 1.807) is 0 Å². The minimum atomic E-state index is -3.44. The molecule has 0 saturated heterocycles. The van der Waals surface area contributed by atoms with Crippen LogP contribution < -0.4 is 4.31 Å². The maximum absolute atomic E-state index is 12.0. The Hall–Kier alpha value is -2.12. The van der Waals surface area contributed by atoms with Crippen molar-refractivity contribution in [1.82, 2.24) is 14.5 Å². The number of sulfonamides is 1. The van der Waals surface area contributed by atoms with Crippen molar-refractivity contribution in [2.75, 3.05) is 17.6 Å². The number of nitrogens with zero attached hydrogens (tertiary/aromatic N) is 4. The number of benzene rings is 1. The highest BCUT2D eigenvalue weighted by Gasteiger charge is 2.23. The molecule has 3 heterocycles. The molecule has 0 spiro atoms. The third-order valence-corrected chi connectivity index (χ3v) is 6.03. The quantitative estimate of drug-likeness (QED) is 0.659. The molecule has 0 amide bonds. The molecule has 0 aliphatic carbocycles. The fourth-order valence-corrected chi connectivity index (χ4v) is 4.03. The third kappa shape index (κ3) is 2.67. The summed E-state index contributed by atoms with van der Waals surface area (Å²) in [6, 6.07) is 6.20. The molecule has 6 nitrogen and oxygen atoms in total. The highest BCUT2D eigenvalue weighted by Crippen LogP contribution is 2.38. The van der Waals surface area contributed by atoms with E-state index in [9.17, 15) is 8.42 Å². The van der Waals surface area contributed by atoms with E-state index in [-0.39, 0.29) is 5.28 Å². The molecule has 130 valence electrons. The fourth-order valence-electron chi connectivity index (χ4n) is 3.41. The van der Waals surface area contributed by atoms with Crippen molar-refractivity contribution in [2.45, 2.75) is 19.4 Å². The van der Waals surface area contributed by atoms with Crippen LogP contribution >= 0.6 is 11.6 Å². The lowest BCUT2D eigenvalue weighted by Crippen LogP contribution is -2.25. The predicted molar refractivity (Wildman–Crippen MR) is 99.5 cm³/mol. The van der Waals surface area contributed by atoms with Crippen molar-refractivity contribution in [3.05, 3.63) is 41.4 Å². The van der Waals surface area contributed by atoms with Crippen molar-refractivity contribution in [3.63, 3.8) is 0 Å². The first-order valence-corrected chi connectivity index (χ1v) is 10.2. The van der Waals surface area contributed by atoms with E-state index in [0.717, 1.165) is 36.6 Å². The number of para-hydroxylation sites is 1. The zero-order valence-electron chi connectivity index (χ0n) is 13.9. The van der Waals surface area contributed by atoms with E-state index >= 15 is 0 Å². The summed E-state index contributed by atoms with van der Waals surface area (Å²) in [6.45, 7) is 0.934. The van der Waals surface area contributed by atoms with Crippen molar-refractivity contribution in [2.24, 2.45) is 0 Å². The maximum atomic E-state index is 12.0. The Balaban J connectivity index is 2.02. The lowest BCUT2D eigenvalue weighted by atomic mass is 10.0. The van der Waals surface area contributed by atoms with Gasteiger partial charge >= 0.3 is 0 Å². The van der Waals surface area contributed by atoms with Gasteiger partial charge in [0.25, 0.3) is 0 Å². The molecule has 0 radical (unpaired) electrons. The molecule has 2 aromatic heterocycles. The van der Waals surface area contributed by atoms with E-state index in [1.165, 1.54) is 28.6 Å². The van der Waals surface area contributed by atoms with Crippen LogP contribution in [0.25, 0.3) is 22.2 Å². The largest absolute Gasteiger partial charge is 0.347 e. The summed E-state index contributed by atoms with van der Waals surface area (Å²) < 4.78 is 27.4. The van der Waals surface area contributed by atoms with E-state index in [1.807, 2.05) is 18.3 Å². The van der Waals surface area contributed by atoms with Crippen LogP contribution in [-0.2, 0) is 23.0 Å². The maximum Gasteiger partial charge on any atom is 0.232 e. The van der Waals surface area contributed by atoms with Gasteiger partial charge in [0.05, 0.1) is 23.7 Å². The lowest BCUT2D eigenvalue weighted by Gasteiger charge is -2.19. The van der Waals surface area contributed by atoms with E-state index in [4.69, 9.17) is 11.6 Å². The van der Waals surface area contributed by atoms with Crippen LogP contribution in [0.15, 0.2) is 30.6 Å². The topological polar surface area (TPSA) is 68.1 Å². The molecule has 0 unspecified atom stereocenters. The highest BCUT2D eigenvalue weighted by molar-refractivity contribution is 7.92. The van der Waals surface area contributed by atoms with Crippen LogP contribution in [0.4, 0.5) is 5.69 Å². The average molecular weight is 377 g/mol. The Bertz CT molecular complexity index is 1090. The van der Waals surface area contributed by atoms with E-state index < -0.39 is 10.0 Å². The molecule has 0 atom stereocenters. The Morgan fingerprint density at radius 1 is 1.32 bits per heavy atom. The number of hydrogen-bond acceptors (Lipinski definition) is 4. The van der Waals surface area contributed by atoms with Gasteiger partial charge in [-0.1, -0.05) is 18.2 Å². The van der Waals surface area contributed by atoms with Crippen LogP contribution in [0.3, 0.4) is 0 Å². The first kappa shape index (κ1) is 16.4. The standard InChI is InChI=1S/C17H17ClN4O2S/c1-21(25(2,23)24)14-9-19-17(18)20-15(14)13-10-22-8-4-6-11-5-3-7-12(13)16(11)22/h3,5,7,9-10H,4,6,8H2,1-2H3. The average Bonchev–Trinajstić information content (AvgIpc) is 2.94. The van der Waals surface area contributed by atoms with Gasteiger partial charge in [-0.15, -0.1) is 0 Å². The second-order valence-corrected chi connectivity index (χ2v) is 8.61. The molecule has 1 aliphatic rings.